The Morgan fingerprint density at radius 2 is 0.671 bits per heavy atom. The van der Waals surface area contributed by atoms with Gasteiger partial charge in [0.2, 0.25) is 0 Å². The summed E-state index contributed by atoms with van der Waals surface area (Å²) in [6.07, 6.45) is 17.1. The largest absolute Gasteiger partial charge is 0.311 e. The van der Waals surface area contributed by atoms with Crippen molar-refractivity contribution in [2.75, 3.05) is 4.90 Å². The fourth-order valence-corrected chi connectivity index (χ4v) is 9.78. The van der Waals surface area contributed by atoms with Crippen molar-refractivity contribution in [2.24, 2.45) is 0 Å². The zero-order valence-electron chi connectivity index (χ0n) is 40.6. The van der Waals surface area contributed by atoms with Crippen molar-refractivity contribution in [3.63, 3.8) is 0 Å². The van der Waals surface area contributed by atoms with E-state index in [1.165, 1.54) is 54.9 Å². The Morgan fingerprint density at radius 1 is 0.301 bits per heavy atom. The first-order valence-electron chi connectivity index (χ1n) is 24.9. The predicted molar refractivity (Wildman–Crippen MR) is 317 cm³/mol. The van der Waals surface area contributed by atoms with Crippen LogP contribution in [0.4, 0.5) is 17.1 Å². The highest BCUT2D eigenvalue weighted by Gasteiger charge is 2.18. The van der Waals surface area contributed by atoms with Crippen LogP contribution in [0.25, 0.3) is 90.9 Å². The second kappa shape index (κ2) is 21.6. The van der Waals surface area contributed by atoms with E-state index in [-0.39, 0.29) is 0 Å². The molecule has 0 saturated heterocycles. The monoisotopic (exact) mass is 931 g/mol. The summed E-state index contributed by atoms with van der Waals surface area (Å²) in [7, 11) is 0. The summed E-state index contributed by atoms with van der Waals surface area (Å²) in [4.78, 5) is 2.29. The first kappa shape index (κ1) is 45.9. The van der Waals surface area contributed by atoms with Crippen LogP contribution >= 0.6 is 0 Å². The fourth-order valence-electron chi connectivity index (χ4n) is 9.78. The SMILES string of the molecule is C=C/C=C(\C=C/c1ccccc1)c1ccc(/C=C/c2ccc3c(-c4ccccc4)c(-c4ccccc4)c4ccc(/C=C/c5ccc(-c6ccc(N(c7ccccc7)c7ccccc7)cc6)cc5)cc4c3c2)cc1. The number of fused-ring (bicyclic) bond motifs is 3. The van der Waals surface area contributed by atoms with Crippen LogP contribution in [0.3, 0.4) is 0 Å². The van der Waals surface area contributed by atoms with Gasteiger partial charge in [-0.05, 0) is 142 Å². The van der Waals surface area contributed by atoms with Crippen molar-refractivity contribution in [3.8, 4) is 33.4 Å². The van der Waals surface area contributed by atoms with Crippen LogP contribution in [-0.4, -0.2) is 0 Å². The van der Waals surface area contributed by atoms with Crippen molar-refractivity contribution in [2.45, 2.75) is 0 Å². The number of hydrogen-bond donors (Lipinski definition) is 0. The zero-order valence-corrected chi connectivity index (χ0v) is 40.6. The van der Waals surface area contributed by atoms with Crippen LogP contribution in [0.2, 0.25) is 0 Å². The summed E-state index contributed by atoms with van der Waals surface area (Å²) in [6, 6.07) is 93.5. The summed E-state index contributed by atoms with van der Waals surface area (Å²) in [5.41, 5.74) is 18.6. The first-order valence-corrected chi connectivity index (χ1v) is 24.9. The molecule has 0 atom stereocenters. The molecule has 0 heterocycles. The minimum atomic E-state index is 1.11. The van der Waals surface area contributed by atoms with Gasteiger partial charge in [0, 0.05) is 17.1 Å². The first-order chi connectivity index (χ1) is 36.1. The molecule has 0 bridgehead atoms. The standard InChI is InChI=1S/C72H53N/c1-2-18-58(40-33-53-19-8-3-9-20-53)59-41-34-54(35-42-59)29-31-56-38-49-67-69(51-56)70-52-57(39-50-68(70)72(63-23-12-5-13-24-63)71(67)62-21-10-4-11-22-62)32-30-55-36-43-60(44-37-55)61-45-47-66(48-46-61)73(64-25-14-6-15-26-64)65-27-16-7-17-28-65/h2-52H,1H2/b31-29+,32-30+,40-33-,58-18+. The summed E-state index contributed by atoms with van der Waals surface area (Å²) in [6.45, 7) is 3.97. The lowest BCUT2D eigenvalue weighted by Gasteiger charge is -2.25. The number of benzene rings is 11. The summed E-state index contributed by atoms with van der Waals surface area (Å²) in [5.74, 6) is 0. The molecule has 11 aromatic rings. The molecule has 1 nitrogen and oxygen atoms in total. The molecular weight excluding hydrogens is 879 g/mol. The van der Waals surface area contributed by atoms with E-state index in [1.807, 2.05) is 12.1 Å². The van der Waals surface area contributed by atoms with Crippen molar-refractivity contribution in [1.29, 1.82) is 0 Å². The van der Waals surface area contributed by atoms with Crippen LogP contribution in [0.15, 0.2) is 286 Å². The normalized spacial score (nSPS) is 11.8. The molecule has 0 aliphatic heterocycles. The minimum Gasteiger partial charge on any atom is -0.311 e. The number of rotatable bonds is 14. The number of anilines is 3. The predicted octanol–water partition coefficient (Wildman–Crippen LogP) is 20.1. The van der Waals surface area contributed by atoms with Gasteiger partial charge in [0.05, 0.1) is 0 Å². The molecule has 0 aliphatic carbocycles. The van der Waals surface area contributed by atoms with Gasteiger partial charge in [-0.3, -0.25) is 0 Å². The lowest BCUT2D eigenvalue weighted by atomic mass is 9.84. The molecule has 0 amide bonds. The average molecular weight is 932 g/mol. The van der Waals surface area contributed by atoms with Crippen molar-refractivity contribution >= 4 is 74.6 Å². The van der Waals surface area contributed by atoms with Crippen LogP contribution in [0.1, 0.15) is 33.4 Å². The van der Waals surface area contributed by atoms with Gasteiger partial charge in [-0.1, -0.05) is 268 Å². The number of hydrogen-bond acceptors (Lipinski definition) is 1. The third-order valence-corrected chi connectivity index (χ3v) is 13.4. The number of allylic oxidation sites excluding steroid dienone is 4. The molecular formula is C72H53N. The maximum absolute atomic E-state index is 3.97. The Labute approximate surface area is 429 Å². The van der Waals surface area contributed by atoms with Gasteiger partial charge < -0.3 is 4.90 Å². The van der Waals surface area contributed by atoms with Gasteiger partial charge in [-0.2, -0.15) is 0 Å². The number of nitrogens with zero attached hydrogens (tertiary/aromatic N) is 1. The Kier molecular flexibility index (Phi) is 13.6. The van der Waals surface area contributed by atoms with E-state index >= 15 is 0 Å². The van der Waals surface area contributed by atoms with Crippen LogP contribution in [0, 0.1) is 0 Å². The molecule has 0 unspecified atom stereocenters. The van der Waals surface area contributed by atoms with Crippen molar-refractivity contribution in [1.82, 2.24) is 0 Å². The quantitative estimate of drug-likeness (QED) is 0.0597. The molecule has 346 valence electrons. The summed E-state index contributed by atoms with van der Waals surface area (Å²) >= 11 is 0. The molecule has 73 heavy (non-hydrogen) atoms. The van der Waals surface area contributed by atoms with Crippen LogP contribution in [0.5, 0.6) is 0 Å². The Bertz CT molecular complexity index is 3740. The summed E-state index contributed by atoms with van der Waals surface area (Å²) < 4.78 is 0. The van der Waals surface area contributed by atoms with Crippen LogP contribution in [-0.2, 0) is 0 Å². The lowest BCUT2D eigenvalue weighted by Crippen LogP contribution is -2.09. The Hall–Kier alpha value is -9.56. The molecule has 0 fully saturated rings. The molecule has 0 N–H and O–H groups in total. The van der Waals surface area contributed by atoms with Crippen molar-refractivity contribution < 1.29 is 0 Å². The average Bonchev–Trinajstić information content (AvgIpc) is 3.46. The number of para-hydroxylation sites is 2. The van der Waals surface area contributed by atoms with E-state index in [0.717, 1.165) is 56.0 Å². The van der Waals surface area contributed by atoms with E-state index in [4.69, 9.17) is 0 Å². The highest BCUT2D eigenvalue weighted by atomic mass is 15.1. The van der Waals surface area contributed by atoms with E-state index < -0.39 is 0 Å². The molecule has 0 spiro atoms. The van der Waals surface area contributed by atoms with Gasteiger partial charge >= 0.3 is 0 Å². The van der Waals surface area contributed by atoms with Gasteiger partial charge in [-0.15, -0.1) is 0 Å². The lowest BCUT2D eigenvalue weighted by molar-refractivity contribution is 1.28. The molecule has 11 aromatic carbocycles. The highest BCUT2D eigenvalue weighted by molar-refractivity contribution is 6.22. The van der Waals surface area contributed by atoms with E-state index in [9.17, 15) is 0 Å². The van der Waals surface area contributed by atoms with Crippen molar-refractivity contribution in [3.05, 3.63) is 319 Å². The zero-order chi connectivity index (χ0) is 49.2. The fraction of sp³-hybridized carbons (Fsp3) is 0. The van der Waals surface area contributed by atoms with E-state index in [2.05, 4.69) is 309 Å². The third-order valence-electron chi connectivity index (χ3n) is 13.4. The maximum atomic E-state index is 3.97. The molecule has 0 aliphatic rings. The Morgan fingerprint density at radius 3 is 1.14 bits per heavy atom. The highest BCUT2D eigenvalue weighted by Crippen LogP contribution is 2.45. The van der Waals surface area contributed by atoms with E-state index in [0.29, 0.717) is 0 Å². The van der Waals surface area contributed by atoms with E-state index in [1.54, 1.807) is 0 Å². The molecule has 0 saturated carbocycles. The maximum Gasteiger partial charge on any atom is 0.0462 e. The minimum absolute atomic E-state index is 1.11. The molecule has 1 heteroatoms. The topological polar surface area (TPSA) is 3.24 Å². The molecule has 11 rings (SSSR count). The van der Waals surface area contributed by atoms with Gasteiger partial charge in [0.1, 0.15) is 0 Å². The third kappa shape index (κ3) is 10.4. The van der Waals surface area contributed by atoms with Gasteiger partial charge in [0.25, 0.3) is 0 Å². The van der Waals surface area contributed by atoms with Gasteiger partial charge in [0.15, 0.2) is 0 Å². The molecule has 0 aromatic heterocycles. The molecule has 0 radical (unpaired) electrons. The second-order valence-electron chi connectivity index (χ2n) is 18.2. The van der Waals surface area contributed by atoms with Crippen LogP contribution < -0.4 is 4.90 Å². The van der Waals surface area contributed by atoms with Gasteiger partial charge in [-0.25, -0.2) is 0 Å². The second-order valence-corrected chi connectivity index (χ2v) is 18.2. The summed E-state index contributed by atoms with van der Waals surface area (Å²) in [5, 5.41) is 4.89. The smallest absolute Gasteiger partial charge is 0.0462 e. The Balaban J connectivity index is 0.914.